The predicted molar refractivity (Wildman–Crippen MR) is 70.4 cm³/mol. The molecule has 0 aromatic rings. The number of nitrogens with zero attached hydrogens (tertiary/aromatic N) is 2. The van der Waals surface area contributed by atoms with Crippen molar-refractivity contribution in [2.24, 2.45) is 0 Å². The van der Waals surface area contributed by atoms with Gasteiger partial charge in [0.1, 0.15) is 0 Å². The van der Waals surface area contributed by atoms with Gasteiger partial charge >= 0.3 is 0 Å². The summed E-state index contributed by atoms with van der Waals surface area (Å²) in [6, 6.07) is 0.544. The van der Waals surface area contributed by atoms with Crippen LogP contribution in [-0.2, 0) is 9.53 Å². The fourth-order valence-corrected chi connectivity index (χ4v) is 2.86. The van der Waals surface area contributed by atoms with Gasteiger partial charge in [-0.2, -0.15) is 11.8 Å². The number of morpholine rings is 1. The van der Waals surface area contributed by atoms with Gasteiger partial charge in [-0.25, -0.2) is 0 Å². The molecule has 2 rings (SSSR count). The molecule has 0 unspecified atom stereocenters. The van der Waals surface area contributed by atoms with Gasteiger partial charge in [0.2, 0.25) is 5.91 Å². The summed E-state index contributed by atoms with van der Waals surface area (Å²) in [7, 11) is 1.93. The minimum atomic E-state index is 0.291. The van der Waals surface area contributed by atoms with Gasteiger partial charge in [-0.3, -0.25) is 9.69 Å². The molecule has 5 heteroatoms. The van der Waals surface area contributed by atoms with Crippen LogP contribution < -0.4 is 0 Å². The van der Waals surface area contributed by atoms with Gasteiger partial charge in [-0.05, 0) is 12.8 Å². The quantitative estimate of drug-likeness (QED) is 0.656. The van der Waals surface area contributed by atoms with E-state index in [4.69, 9.17) is 4.74 Å². The van der Waals surface area contributed by atoms with Gasteiger partial charge in [0, 0.05) is 38.5 Å². The Balaban J connectivity index is 1.51. The van der Waals surface area contributed by atoms with Crippen molar-refractivity contribution in [1.29, 1.82) is 0 Å². The normalized spacial score (nSPS) is 21.5. The maximum Gasteiger partial charge on any atom is 0.232 e. The Hall–Kier alpha value is -0.260. The van der Waals surface area contributed by atoms with Gasteiger partial charge in [0.25, 0.3) is 0 Å². The molecule has 0 aromatic carbocycles. The van der Waals surface area contributed by atoms with Crippen LogP contribution in [0.2, 0.25) is 0 Å². The molecule has 1 aliphatic heterocycles. The third kappa shape index (κ3) is 4.48. The Kier molecular flexibility index (Phi) is 5.13. The molecule has 0 spiro atoms. The Morgan fingerprint density at radius 3 is 2.76 bits per heavy atom. The number of amides is 1. The van der Waals surface area contributed by atoms with E-state index in [1.54, 1.807) is 11.8 Å². The number of carbonyl (C=O) groups is 1. The number of ether oxygens (including phenoxy) is 1. The molecular formula is C12H22N2O2S. The summed E-state index contributed by atoms with van der Waals surface area (Å²) in [5.41, 5.74) is 0. The number of thioether (sulfide) groups is 1. The standard InChI is InChI=1S/C12H22N2O2S/c1-13(11-2-3-11)12(15)10-17-9-6-14-4-7-16-8-5-14/h11H,2-10H2,1H3. The number of hydrogen-bond donors (Lipinski definition) is 0. The van der Waals surface area contributed by atoms with Crippen molar-refractivity contribution in [1.82, 2.24) is 9.80 Å². The fraction of sp³-hybridized carbons (Fsp3) is 0.917. The van der Waals surface area contributed by atoms with Crippen LogP contribution in [0.5, 0.6) is 0 Å². The van der Waals surface area contributed by atoms with Crippen molar-refractivity contribution < 1.29 is 9.53 Å². The van der Waals surface area contributed by atoms with E-state index in [1.165, 1.54) is 12.8 Å². The van der Waals surface area contributed by atoms with E-state index < -0.39 is 0 Å². The average molecular weight is 258 g/mol. The summed E-state index contributed by atoms with van der Waals surface area (Å²) < 4.78 is 5.30. The van der Waals surface area contributed by atoms with Crippen molar-refractivity contribution in [3.63, 3.8) is 0 Å². The molecule has 2 fully saturated rings. The first-order valence-corrected chi connectivity index (χ1v) is 7.56. The lowest BCUT2D eigenvalue weighted by Crippen LogP contribution is -2.37. The molecule has 0 aromatic heterocycles. The first-order chi connectivity index (χ1) is 8.27. The molecule has 0 atom stereocenters. The molecule has 4 nitrogen and oxygen atoms in total. The van der Waals surface area contributed by atoms with Crippen molar-refractivity contribution >= 4 is 17.7 Å². The van der Waals surface area contributed by atoms with E-state index in [1.807, 2.05) is 11.9 Å². The van der Waals surface area contributed by atoms with Crippen molar-refractivity contribution in [3.05, 3.63) is 0 Å². The maximum atomic E-state index is 11.7. The van der Waals surface area contributed by atoms with Crippen LogP contribution >= 0.6 is 11.8 Å². The third-order valence-corrected chi connectivity index (χ3v) is 4.29. The van der Waals surface area contributed by atoms with Crippen LogP contribution in [0.25, 0.3) is 0 Å². The number of rotatable bonds is 6. The second-order valence-corrected chi connectivity index (χ2v) is 5.85. The topological polar surface area (TPSA) is 32.8 Å². The zero-order chi connectivity index (χ0) is 12.1. The number of hydrogen-bond acceptors (Lipinski definition) is 4. The second-order valence-electron chi connectivity index (χ2n) is 4.74. The zero-order valence-electron chi connectivity index (χ0n) is 10.6. The average Bonchev–Trinajstić information content (AvgIpc) is 3.19. The summed E-state index contributed by atoms with van der Waals surface area (Å²) in [6.07, 6.45) is 2.39. The Bertz CT molecular complexity index is 253. The largest absolute Gasteiger partial charge is 0.379 e. The highest BCUT2D eigenvalue weighted by Gasteiger charge is 2.29. The Morgan fingerprint density at radius 1 is 1.41 bits per heavy atom. The molecule has 98 valence electrons. The summed E-state index contributed by atoms with van der Waals surface area (Å²) in [4.78, 5) is 16.1. The van der Waals surface area contributed by atoms with Crippen LogP contribution in [0.1, 0.15) is 12.8 Å². The molecule has 2 aliphatic rings. The summed E-state index contributed by atoms with van der Waals surface area (Å²) in [6.45, 7) is 4.86. The van der Waals surface area contributed by atoms with E-state index in [-0.39, 0.29) is 0 Å². The molecule has 0 N–H and O–H groups in total. The molecule has 1 saturated heterocycles. The Morgan fingerprint density at radius 2 is 2.12 bits per heavy atom. The fourth-order valence-electron chi connectivity index (χ4n) is 1.95. The van der Waals surface area contributed by atoms with Crippen LogP contribution in [0, 0.1) is 0 Å². The molecular weight excluding hydrogens is 236 g/mol. The maximum absolute atomic E-state index is 11.7. The molecule has 1 aliphatic carbocycles. The predicted octanol–water partition coefficient (Wildman–Crippen LogP) is 0.673. The summed E-state index contributed by atoms with van der Waals surface area (Å²) in [5.74, 6) is 1.97. The van der Waals surface area contributed by atoms with Gasteiger partial charge in [-0.1, -0.05) is 0 Å². The molecule has 1 saturated carbocycles. The van der Waals surface area contributed by atoms with Crippen LogP contribution in [-0.4, -0.2) is 73.2 Å². The molecule has 1 heterocycles. The van der Waals surface area contributed by atoms with Crippen molar-refractivity contribution in [2.45, 2.75) is 18.9 Å². The van der Waals surface area contributed by atoms with Crippen LogP contribution in [0.3, 0.4) is 0 Å². The lowest BCUT2D eigenvalue weighted by atomic mass is 10.4. The van der Waals surface area contributed by atoms with E-state index >= 15 is 0 Å². The molecule has 0 radical (unpaired) electrons. The van der Waals surface area contributed by atoms with Gasteiger partial charge in [0.15, 0.2) is 0 Å². The first kappa shape index (κ1) is 13.2. The third-order valence-electron chi connectivity index (χ3n) is 3.37. The Labute approximate surface area is 108 Å². The zero-order valence-corrected chi connectivity index (χ0v) is 11.4. The van der Waals surface area contributed by atoms with Gasteiger partial charge in [-0.15, -0.1) is 0 Å². The second kappa shape index (κ2) is 6.61. The minimum Gasteiger partial charge on any atom is -0.379 e. The molecule has 17 heavy (non-hydrogen) atoms. The van der Waals surface area contributed by atoms with E-state index in [0.717, 1.165) is 38.6 Å². The van der Waals surface area contributed by atoms with Crippen molar-refractivity contribution in [2.75, 3.05) is 51.4 Å². The summed E-state index contributed by atoms with van der Waals surface area (Å²) >= 11 is 1.75. The van der Waals surface area contributed by atoms with E-state index in [2.05, 4.69) is 4.90 Å². The SMILES string of the molecule is CN(C(=O)CSCCN1CCOCC1)C1CC1. The monoisotopic (exact) mass is 258 g/mol. The highest BCUT2D eigenvalue weighted by molar-refractivity contribution is 7.99. The number of carbonyl (C=O) groups excluding carboxylic acids is 1. The lowest BCUT2D eigenvalue weighted by Gasteiger charge is -2.26. The van der Waals surface area contributed by atoms with Crippen LogP contribution in [0.4, 0.5) is 0 Å². The van der Waals surface area contributed by atoms with E-state index in [0.29, 0.717) is 17.7 Å². The van der Waals surface area contributed by atoms with Gasteiger partial charge in [0.05, 0.1) is 19.0 Å². The smallest absolute Gasteiger partial charge is 0.232 e. The first-order valence-electron chi connectivity index (χ1n) is 6.41. The minimum absolute atomic E-state index is 0.291. The highest BCUT2D eigenvalue weighted by Crippen LogP contribution is 2.25. The van der Waals surface area contributed by atoms with Crippen LogP contribution in [0.15, 0.2) is 0 Å². The lowest BCUT2D eigenvalue weighted by molar-refractivity contribution is -0.127. The van der Waals surface area contributed by atoms with E-state index in [9.17, 15) is 4.79 Å². The summed E-state index contributed by atoms with van der Waals surface area (Å²) in [5, 5.41) is 0. The molecule has 1 amide bonds. The van der Waals surface area contributed by atoms with Crippen molar-refractivity contribution in [3.8, 4) is 0 Å². The molecule has 0 bridgehead atoms. The van der Waals surface area contributed by atoms with Gasteiger partial charge < -0.3 is 9.64 Å². The highest BCUT2D eigenvalue weighted by atomic mass is 32.2.